The number of aliphatic hydroxyl groups is 1. The molecule has 8 atom stereocenters. The molecule has 0 aliphatic carbocycles. The number of rotatable bonds is 15. The van der Waals surface area contributed by atoms with Crippen LogP contribution < -0.4 is 0 Å². The van der Waals surface area contributed by atoms with Crippen molar-refractivity contribution in [2.45, 2.75) is 104 Å². The molecular formula is C32H54N2O5. The van der Waals surface area contributed by atoms with Crippen molar-refractivity contribution >= 4 is 11.8 Å². The minimum absolute atomic E-state index is 0.0227. The van der Waals surface area contributed by atoms with E-state index in [2.05, 4.69) is 27.7 Å². The van der Waals surface area contributed by atoms with E-state index in [1.54, 1.807) is 14.2 Å². The maximum absolute atomic E-state index is 13.8. The van der Waals surface area contributed by atoms with Gasteiger partial charge in [0, 0.05) is 34.2 Å². The molecule has 0 spiro atoms. The van der Waals surface area contributed by atoms with Gasteiger partial charge in [0.05, 0.1) is 36.8 Å². The lowest BCUT2D eigenvalue weighted by molar-refractivity contribution is -0.145. The van der Waals surface area contributed by atoms with E-state index in [1.807, 2.05) is 61.0 Å². The Morgan fingerprint density at radius 2 is 1.67 bits per heavy atom. The second-order valence-corrected chi connectivity index (χ2v) is 12.0. The van der Waals surface area contributed by atoms with Crippen molar-refractivity contribution in [1.29, 1.82) is 0 Å². The van der Waals surface area contributed by atoms with Gasteiger partial charge >= 0.3 is 0 Å². The molecule has 1 aromatic rings. The molecule has 222 valence electrons. The highest BCUT2D eigenvalue weighted by molar-refractivity contribution is 5.78. The standard InChI is InChI=1S/C32H54N2O5/c1-10-22(4)30(33(7)28(35)19-21(2)3)27(38-8)20-29(36)34-18-14-17-26(34)32(39-9)24(6)23(5)31(37)25-15-12-11-13-16-25/h11-13,15-16,21-24,26-27,30-32,37H,10,14,17-20H2,1-9H3. The SMILES string of the molecule is CCC(C)C(C(CC(=O)N1CCCC1C(OC)C(C)C(C)C(O)c1ccccc1)OC)N(C)C(=O)CC(C)C. The molecule has 1 aliphatic rings. The monoisotopic (exact) mass is 546 g/mol. The van der Waals surface area contributed by atoms with Crippen LogP contribution in [0, 0.1) is 23.7 Å². The number of likely N-dealkylation sites (tertiary alicyclic amines) is 1. The Kier molecular flexibility index (Phi) is 13.4. The Morgan fingerprint density at radius 3 is 2.21 bits per heavy atom. The molecule has 0 aromatic heterocycles. The number of methoxy groups -OCH3 is 2. The van der Waals surface area contributed by atoms with Gasteiger partial charge in [0.15, 0.2) is 0 Å². The Balaban J connectivity index is 2.20. The van der Waals surface area contributed by atoms with Crippen LogP contribution in [0.15, 0.2) is 30.3 Å². The van der Waals surface area contributed by atoms with Crippen molar-refractivity contribution in [3.63, 3.8) is 0 Å². The highest BCUT2D eigenvalue weighted by Crippen LogP contribution is 2.35. The van der Waals surface area contributed by atoms with E-state index in [9.17, 15) is 14.7 Å². The second-order valence-electron chi connectivity index (χ2n) is 12.0. The number of carbonyl (C=O) groups is 2. The largest absolute Gasteiger partial charge is 0.388 e. The third kappa shape index (κ3) is 8.51. The highest BCUT2D eigenvalue weighted by Gasteiger charge is 2.42. The van der Waals surface area contributed by atoms with Crippen LogP contribution in [-0.4, -0.2) is 78.8 Å². The molecule has 1 aliphatic heterocycles. The number of aliphatic hydroxyl groups excluding tert-OH is 1. The summed E-state index contributed by atoms with van der Waals surface area (Å²) in [6, 6.07) is 9.46. The molecule has 1 heterocycles. The van der Waals surface area contributed by atoms with Gasteiger partial charge in [-0.3, -0.25) is 9.59 Å². The van der Waals surface area contributed by atoms with Gasteiger partial charge in [0.25, 0.3) is 0 Å². The maximum atomic E-state index is 13.8. The number of benzene rings is 1. The number of hydrogen-bond acceptors (Lipinski definition) is 5. The van der Waals surface area contributed by atoms with Gasteiger partial charge in [-0.15, -0.1) is 0 Å². The number of hydrogen-bond donors (Lipinski definition) is 1. The molecule has 2 amide bonds. The molecular weight excluding hydrogens is 492 g/mol. The van der Waals surface area contributed by atoms with Crippen molar-refractivity contribution in [1.82, 2.24) is 9.80 Å². The summed E-state index contributed by atoms with van der Waals surface area (Å²) in [5.41, 5.74) is 0.890. The summed E-state index contributed by atoms with van der Waals surface area (Å²) in [6.45, 7) is 13.2. The van der Waals surface area contributed by atoms with Crippen LogP contribution in [0.3, 0.4) is 0 Å². The van der Waals surface area contributed by atoms with Gasteiger partial charge in [0.2, 0.25) is 11.8 Å². The zero-order valence-corrected chi connectivity index (χ0v) is 25.8. The molecule has 0 radical (unpaired) electrons. The van der Waals surface area contributed by atoms with Crippen molar-refractivity contribution < 1.29 is 24.2 Å². The molecule has 7 heteroatoms. The first kappa shape index (κ1) is 33.2. The number of carbonyl (C=O) groups excluding carboxylic acids is 2. The predicted octanol–water partition coefficient (Wildman–Crippen LogP) is 5.32. The first-order valence-corrected chi connectivity index (χ1v) is 14.8. The number of ether oxygens (including phenoxy) is 2. The van der Waals surface area contributed by atoms with Gasteiger partial charge in [-0.05, 0) is 42.1 Å². The van der Waals surface area contributed by atoms with Gasteiger partial charge in [-0.2, -0.15) is 0 Å². The summed E-state index contributed by atoms with van der Waals surface area (Å²) in [5, 5.41) is 11.1. The Hall–Kier alpha value is -1.96. The van der Waals surface area contributed by atoms with E-state index < -0.39 is 12.2 Å². The number of nitrogens with zero attached hydrogens (tertiary/aromatic N) is 2. The van der Waals surface area contributed by atoms with Crippen molar-refractivity contribution in [3.8, 4) is 0 Å². The van der Waals surface area contributed by atoms with E-state index in [-0.39, 0.29) is 60.1 Å². The lowest BCUT2D eigenvalue weighted by Gasteiger charge is -2.40. The Labute approximate surface area is 237 Å². The van der Waals surface area contributed by atoms with Crippen LogP contribution >= 0.6 is 0 Å². The second kappa shape index (κ2) is 15.7. The predicted molar refractivity (Wildman–Crippen MR) is 156 cm³/mol. The summed E-state index contributed by atoms with van der Waals surface area (Å²) in [4.78, 5) is 30.6. The van der Waals surface area contributed by atoms with Crippen LogP contribution in [-0.2, 0) is 19.1 Å². The lowest BCUT2D eigenvalue weighted by atomic mass is 9.80. The zero-order chi connectivity index (χ0) is 29.3. The van der Waals surface area contributed by atoms with E-state index in [0.29, 0.717) is 13.0 Å². The van der Waals surface area contributed by atoms with Crippen LogP contribution in [0.2, 0.25) is 0 Å². The fourth-order valence-electron chi connectivity index (χ4n) is 6.24. The average Bonchev–Trinajstić information content (AvgIpc) is 3.41. The van der Waals surface area contributed by atoms with Crippen LogP contribution in [0.1, 0.15) is 85.3 Å². The van der Waals surface area contributed by atoms with Gasteiger partial charge < -0.3 is 24.4 Å². The van der Waals surface area contributed by atoms with E-state index in [1.165, 1.54) is 0 Å². The number of amides is 2. The van der Waals surface area contributed by atoms with Crippen LogP contribution in [0.25, 0.3) is 0 Å². The molecule has 39 heavy (non-hydrogen) atoms. The third-order valence-corrected chi connectivity index (χ3v) is 8.97. The minimum Gasteiger partial charge on any atom is -0.388 e. The molecule has 0 bridgehead atoms. The Morgan fingerprint density at radius 1 is 1.03 bits per heavy atom. The number of likely N-dealkylation sites (N-methyl/N-ethyl adjacent to an activating group) is 1. The fourth-order valence-corrected chi connectivity index (χ4v) is 6.24. The maximum Gasteiger partial charge on any atom is 0.225 e. The summed E-state index contributed by atoms with van der Waals surface area (Å²) < 4.78 is 12.0. The highest BCUT2D eigenvalue weighted by atomic mass is 16.5. The quantitative estimate of drug-likeness (QED) is 0.322. The fraction of sp³-hybridized carbons (Fsp3) is 0.750. The molecule has 1 N–H and O–H groups in total. The minimum atomic E-state index is -0.613. The normalized spacial score (nSPS) is 21.2. The van der Waals surface area contributed by atoms with Crippen molar-refractivity contribution in [3.05, 3.63) is 35.9 Å². The topological polar surface area (TPSA) is 79.3 Å². The lowest BCUT2D eigenvalue weighted by Crippen LogP contribution is -2.52. The Bertz CT molecular complexity index is 879. The van der Waals surface area contributed by atoms with Gasteiger partial charge in [-0.25, -0.2) is 0 Å². The molecule has 8 unspecified atom stereocenters. The smallest absolute Gasteiger partial charge is 0.225 e. The van der Waals surface area contributed by atoms with Crippen LogP contribution in [0.5, 0.6) is 0 Å². The van der Waals surface area contributed by atoms with Gasteiger partial charge in [-0.1, -0.05) is 78.3 Å². The van der Waals surface area contributed by atoms with E-state index in [0.717, 1.165) is 24.8 Å². The summed E-state index contributed by atoms with van der Waals surface area (Å²) in [7, 11) is 5.19. The van der Waals surface area contributed by atoms with E-state index in [4.69, 9.17) is 9.47 Å². The average molecular weight is 547 g/mol. The first-order valence-electron chi connectivity index (χ1n) is 14.8. The molecule has 1 aromatic carbocycles. The van der Waals surface area contributed by atoms with Crippen molar-refractivity contribution in [2.24, 2.45) is 23.7 Å². The van der Waals surface area contributed by atoms with E-state index >= 15 is 0 Å². The summed E-state index contributed by atoms with van der Waals surface area (Å²) in [5.74, 6) is 0.536. The molecule has 7 nitrogen and oxygen atoms in total. The zero-order valence-electron chi connectivity index (χ0n) is 25.8. The van der Waals surface area contributed by atoms with Gasteiger partial charge in [0.1, 0.15) is 0 Å². The molecule has 0 saturated carbocycles. The van der Waals surface area contributed by atoms with Crippen molar-refractivity contribution in [2.75, 3.05) is 27.8 Å². The molecule has 1 fully saturated rings. The molecule has 1 saturated heterocycles. The van der Waals surface area contributed by atoms with Crippen LogP contribution in [0.4, 0.5) is 0 Å². The summed E-state index contributed by atoms with van der Waals surface area (Å²) in [6.07, 6.45) is 2.14. The molecule has 2 rings (SSSR count). The summed E-state index contributed by atoms with van der Waals surface area (Å²) >= 11 is 0. The third-order valence-electron chi connectivity index (χ3n) is 8.97. The first-order chi connectivity index (χ1) is 18.5.